The normalized spacial score (nSPS) is 10.0. The van der Waals surface area contributed by atoms with E-state index in [1.54, 1.807) is 0 Å². The molecule has 0 saturated carbocycles. The lowest BCUT2D eigenvalue weighted by Crippen LogP contribution is -1.58. The van der Waals surface area contributed by atoms with Crippen molar-refractivity contribution in [1.29, 1.82) is 0 Å². The minimum absolute atomic E-state index is 0.877. The summed E-state index contributed by atoms with van der Waals surface area (Å²) in [4.78, 5) is 0. The number of hydrogen-bond donors (Lipinski definition) is 0. The van der Waals surface area contributed by atoms with Gasteiger partial charge in [0.15, 0.2) is 0 Å². The van der Waals surface area contributed by atoms with Gasteiger partial charge < -0.3 is 0 Å². The van der Waals surface area contributed by atoms with Crippen molar-refractivity contribution in [3.63, 3.8) is 0 Å². The zero-order chi connectivity index (χ0) is 5.70. The fourth-order valence-electron chi connectivity index (χ4n) is 0.304. The molecular formula is C7H11. The van der Waals surface area contributed by atoms with E-state index in [9.17, 15) is 0 Å². The lowest BCUT2D eigenvalue weighted by molar-refractivity contribution is 1.22. The summed E-state index contributed by atoms with van der Waals surface area (Å²) in [7, 11) is 0. The first kappa shape index (κ1) is 6.48. The first-order valence-electron chi connectivity index (χ1n) is 2.53. The Morgan fingerprint density at radius 1 is 1.71 bits per heavy atom. The van der Waals surface area contributed by atoms with Crippen molar-refractivity contribution in [1.82, 2.24) is 0 Å². The second kappa shape index (κ2) is 3.66. The van der Waals surface area contributed by atoms with Crippen LogP contribution >= 0.6 is 0 Å². The van der Waals surface area contributed by atoms with Gasteiger partial charge in [-0.3, -0.25) is 0 Å². The molecule has 0 heteroatoms. The third-order valence-electron chi connectivity index (χ3n) is 0.616. The highest BCUT2D eigenvalue weighted by molar-refractivity contribution is 5.08. The molecule has 0 fully saturated rings. The van der Waals surface area contributed by atoms with Crippen molar-refractivity contribution in [2.75, 3.05) is 0 Å². The van der Waals surface area contributed by atoms with Crippen molar-refractivity contribution in [3.8, 4) is 0 Å². The predicted octanol–water partition coefficient (Wildman–Crippen LogP) is 2.33. The van der Waals surface area contributed by atoms with Crippen molar-refractivity contribution in [2.24, 2.45) is 0 Å². The summed E-state index contributed by atoms with van der Waals surface area (Å²) in [5.74, 6) is 0. The zero-order valence-corrected chi connectivity index (χ0v) is 4.94. The van der Waals surface area contributed by atoms with Crippen LogP contribution in [-0.2, 0) is 0 Å². The molecule has 0 amide bonds. The first-order valence-corrected chi connectivity index (χ1v) is 2.53. The average molecular weight is 95.2 g/mol. The van der Waals surface area contributed by atoms with Gasteiger partial charge in [0.2, 0.25) is 0 Å². The van der Waals surface area contributed by atoms with Crippen LogP contribution in [0.4, 0.5) is 0 Å². The minimum Gasteiger partial charge on any atom is -0.0845 e. The molecule has 0 aliphatic rings. The Kier molecular flexibility index (Phi) is 3.39. The molecule has 0 aromatic carbocycles. The molecule has 0 rings (SSSR count). The standard InChI is InChI=1S/C7H11/c1-4-5-6-7(2)3/h2,5-6H,4H2,1,3H3/b6-5+,7-2?. The molecule has 0 aliphatic heterocycles. The molecule has 0 aromatic heterocycles. The Morgan fingerprint density at radius 2 is 2.29 bits per heavy atom. The highest BCUT2D eigenvalue weighted by Gasteiger charge is 1.68. The van der Waals surface area contributed by atoms with Gasteiger partial charge in [-0.05, 0) is 13.3 Å². The number of allylic oxidation sites excluding steroid dienone is 3. The van der Waals surface area contributed by atoms with Crippen molar-refractivity contribution >= 4 is 0 Å². The Morgan fingerprint density at radius 3 is 2.43 bits per heavy atom. The molecule has 0 unspecified atom stereocenters. The van der Waals surface area contributed by atoms with Gasteiger partial charge in [0, 0.05) is 0 Å². The van der Waals surface area contributed by atoms with Gasteiger partial charge in [0.25, 0.3) is 0 Å². The maximum Gasteiger partial charge on any atom is -0.0376 e. The van der Waals surface area contributed by atoms with Crippen LogP contribution in [0.1, 0.15) is 20.3 Å². The van der Waals surface area contributed by atoms with E-state index in [4.69, 9.17) is 6.58 Å². The molecule has 39 valence electrons. The first-order chi connectivity index (χ1) is 3.27. The molecule has 0 N–H and O–H groups in total. The Labute approximate surface area is 45.5 Å². The molecule has 0 spiro atoms. The molecule has 0 atom stereocenters. The van der Waals surface area contributed by atoms with Crippen LogP contribution in [0.25, 0.3) is 0 Å². The monoisotopic (exact) mass is 95.1 g/mol. The highest BCUT2D eigenvalue weighted by atomic mass is 13.7. The molecule has 0 heterocycles. The summed E-state index contributed by atoms with van der Waals surface area (Å²) in [5.41, 5.74) is 0.877. The van der Waals surface area contributed by atoms with Crippen LogP contribution in [0.5, 0.6) is 0 Å². The smallest absolute Gasteiger partial charge is 0.0376 e. The van der Waals surface area contributed by atoms with Gasteiger partial charge in [0.1, 0.15) is 0 Å². The summed E-state index contributed by atoms with van der Waals surface area (Å²) in [6.45, 7) is 9.27. The zero-order valence-electron chi connectivity index (χ0n) is 4.94. The fraction of sp³-hybridized carbons (Fsp3) is 0.429. The van der Waals surface area contributed by atoms with Gasteiger partial charge in [0.05, 0.1) is 0 Å². The highest BCUT2D eigenvalue weighted by Crippen LogP contribution is 1.88. The van der Waals surface area contributed by atoms with Gasteiger partial charge in [-0.2, -0.15) is 0 Å². The van der Waals surface area contributed by atoms with E-state index in [1.807, 2.05) is 19.1 Å². The molecule has 0 bridgehead atoms. The summed E-state index contributed by atoms with van der Waals surface area (Å²) in [6.07, 6.45) is 5.02. The largest absolute Gasteiger partial charge is 0.0845 e. The predicted molar refractivity (Wildman–Crippen MR) is 32.9 cm³/mol. The van der Waals surface area contributed by atoms with Crippen molar-refractivity contribution < 1.29 is 0 Å². The SMILES string of the molecule is [CH]=C(C)/C=C/CC. The van der Waals surface area contributed by atoms with Crippen LogP contribution in [0.15, 0.2) is 17.7 Å². The van der Waals surface area contributed by atoms with E-state index < -0.39 is 0 Å². The molecule has 0 nitrogen and oxygen atoms in total. The molecule has 0 aliphatic carbocycles. The third-order valence-corrected chi connectivity index (χ3v) is 0.616. The minimum atomic E-state index is 0.877. The summed E-state index contributed by atoms with van der Waals surface area (Å²) < 4.78 is 0. The summed E-state index contributed by atoms with van der Waals surface area (Å²) in [5, 5.41) is 0. The van der Waals surface area contributed by atoms with Gasteiger partial charge in [-0.25, -0.2) is 0 Å². The topological polar surface area (TPSA) is 0 Å². The van der Waals surface area contributed by atoms with E-state index >= 15 is 0 Å². The molecule has 7 heavy (non-hydrogen) atoms. The maximum absolute atomic E-state index is 5.31. The van der Waals surface area contributed by atoms with Crippen LogP contribution in [0.2, 0.25) is 0 Å². The van der Waals surface area contributed by atoms with E-state index in [-0.39, 0.29) is 0 Å². The van der Waals surface area contributed by atoms with E-state index in [2.05, 4.69) is 6.92 Å². The molecular weight excluding hydrogens is 84.1 g/mol. The fourth-order valence-corrected chi connectivity index (χ4v) is 0.304. The van der Waals surface area contributed by atoms with Gasteiger partial charge >= 0.3 is 0 Å². The van der Waals surface area contributed by atoms with Crippen molar-refractivity contribution in [2.45, 2.75) is 20.3 Å². The third kappa shape index (κ3) is 5.48. The van der Waals surface area contributed by atoms with Crippen molar-refractivity contribution in [3.05, 3.63) is 24.3 Å². The number of hydrogen-bond acceptors (Lipinski definition) is 0. The second-order valence-electron chi connectivity index (χ2n) is 1.55. The number of rotatable bonds is 2. The lowest BCUT2D eigenvalue weighted by Gasteiger charge is -1.79. The van der Waals surface area contributed by atoms with Crippen LogP contribution in [0.3, 0.4) is 0 Å². The van der Waals surface area contributed by atoms with Crippen LogP contribution in [-0.4, -0.2) is 0 Å². The van der Waals surface area contributed by atoms with Gasteiger partial charge in [-0.15, -0.1) is 0 Å². The van der Waals surface area contributed by atoms with E-state index in [0.29, 0.717) is 0 Å². The van der Waals surface area contributed by atoms with E-state index in [0.717, 1.165) is 12.0 Å². The van der Waals surface area contributed by atoms with Gasteiger partial charge in [-0.1, -0.05) is 31.2 Å². The van der Waals surface area contributed by atoms with Crippen LogP contribution < -0.4 is 0 Å². The molecule has 0 saturated heterocycles. The molecule has 0 aromatic rings. The quantitative estimate of drug-likeness (QED) is 0.462. The Balaban J connectivity index is 3.26. The Hall–Kier alpha value is -0.520. The van der Waals surface area contributed by atoms with E-state index in [1.165, 1.54) is 0 Å². The Bertz CT molecular complexity index is 78.0. The molecule has 1 radical (unpaired) electrons. The lowest BCUT2D eigenvalue weighted by atomic mass is 10.3. The average Bonchev–Trinajstić information content (AvgIpc) is 1.61. The summed E-state index contributed by atoms with van der Waals surface area (Å²) >= 11 is 0. The second-order valence-corrected chi connectivity index (χ2v) is 1.55. The maximum atomic E-state index is 5.31. The van der Waals surface area contributed by atoms with Crippen LogP contribution in [0, 0.1) is 6.58 Å². The summed E-state index contributed by atoms with van der Waals surface area (Å²) in [6, 6.07) is 0.